The summed E-state index contributed by atoms with van der Waals surface area (Å²) in [6.45, 7) is 0.0872. The Bertz CT molecular complexity index is 1210. The minimum atomic E-state index is -0.890. The summed E-state index contributed by atoms with van der Waals surface area (Å²) in [7, 11) is 0. The van der Waals surface area contributed by atoms with E-state index in [1.165, 1.54) is 34.4 Å². The van der Waals surface area contributed by atoms with Crippen molar-refractivity contribution < 1.29 is 14.2 Å². The summed E-state index contributed by atoms with van der Waals surface area (Å²) in [5.41, 5.74) is 1.20. The largest absolute Gasteiger partial charge is 0.491 e. The van der Waals surface area contributed by atoms with Crippen molar-refractivity contribution in [1.82, 2.24) is 9.55 Å². The summed E-state index contributed by atoms with van der Waals surface area (Å²) >= 11 is 4.72. The maximum absolute atomic E-state index is 13.2. The molecule has 0 aliphatic carbocycles. The Morgan fingerprint density at radius 3 is 2.79 bits per heavy atom. The number of aliphatic hydroxyl groups is 1. The molecule has 0 amide bonds. The molecular weight excluding hydrogens is 459 g/mol. The molecule has 0 saturated carbocycles. The molecule has 0 radical (unpaired) electrons. The second-order valence-corrected chi connectivity index (χ2v) is 8.23. The van der Waals surface area contributed by atoms with Crippen LogP contribution in [0.25, 0.3) is 21.3 Å². The van der Waals surface area contributed by atoms with Gasteiger partial charge in [0.05, 0.1) is 18.3 Å². The lowest BCUT2D eigenvalue weighted by atomic mass is 10.1. The van der Waals surface area contributed by atoms with E-state index in [1.807, 2.05) is 17.5 Å². The van der Waals surface area contributed by atoms with Crippen molar-refractivity contribution in [2.75, 3.05) is 6.61 Å². The average Bonchev–Trinajstić information content (AvgIpc) is 3.14. The molecule has 0 fully saturated rings. The highest BCUT2D eigenvalue weighted by molar-refractivity contribution is 9.10. The number of hydrogen-bond donors (Lipinski definition) is 1. The van der Waals surface area contributed by atoms with Crippen LogP contribution in [-0.2, 0) is 6.54 Å². The van der Waals surface area contributed by atoms with Crippen LogP contribution in [0.5, 0.6) is 5.75 Å². The minimum Gasteiger partial charge on any atom is -0.491 e. The zero-order valence-electron chi connectivity index (χ0n) is 15.1. The van der Waals surface area contributed by atoms with E-state index < -0.39 is 6.10 Å². The van der Waals surface area contributed by atoms with Gasteiger partial charge in [0.2, 0.25) is 0 Å². The van der Waals surface area contributed by atoms with Crippen molar-refractivity contribution in [3.05, 3.63) is 80.9 Å². The number of fused-ring (bicyclic) bond motifs is 1. The van der Waals surface area contributed by atoms with Crippen LogP contribution < -0.4 is 10.3 Å². The molecule has 4 aromatic rings. The Morgan fingerprint density at radius 2 is 2.03 bits per heavy atom. The predicted octanol–water partition coefficient (Wildman–Crippen LogP) is 4.47. The molecule has 1 N–H and O–H groups in total. The number of nitrogens with zero attached hydrogens (tertiary/aromatic N) is 2. The topological polar surface area (TPSA) is 64.4 Å². The van der Waals surface area contributed by atoms with Crippen LogP contribution in [0.1, 0.15) is 0 Å². The number of benzene rings is 2. The van der Waals surface area contributed by atoms with E-state index in [-0.39, 0.29) is 24.5 Å². The third-order valence-corrected chi connectivity index (χ3v) is 5.74. The Morgan fingerprint density at radius 1 is 1.24 bits per heavy atom. The first-order valence-corrected chi connectivity index (χ1v) is 10.5. The molecule has 0 saturated heterocycles. The molecule has 1 atom stereocenters. The van der Waals surface area contributed by atoms with Gasteiger partial charge in [-0.1, -0.05) is 34.1 Å². The molecule has 29 heavy (non-hydrogen) atoms. The van der Waals surface area contributed by atoms with Gasteiger partial charge in [-0.2, -0.15) is 0 Å². The van der Waals surface area contributed by atoms with Crippen LogP contribution in [0, 0.1) is 5.82 Å². The Hall–Kier alpha value is -2.55. The van der Waals surface area contributed by atoms with Crippen LogP contribution >= 0.6 is 27.3 Å². The van der Waals surface area contributed by atoms with Crippen molar-refractivity contribution in [3.8, 4) is 16.9 Å². The molecule has 5 nitrogen and oxygen atoms in total. The van der Waals surface area contributed by atoms with Crippen molar-refractivity contribution >= 4 is 37.5 Å². The predicted molar refractivity (Wildman–Crippen MR) is 115 cm³/mol. The number of rotatable bonds is 6. The van der Waals surface area contributed by atoms with E-state index in [2.05, 4.69) is 20.9 Å². The molecule has 4 rings (SSSR count). The highest BCUT2D eigenvalue weighted by atomic mass is 79.9. The Labute approximate surface area is 178 Å². The lowest BCUT2D eigenvalue weighted by molar-refractivity contribution is 0.0914. The fourth-order valence-corrected chi connectivity index (χ4v) is 4.25. The van der Waals surface area contributed by atoms with Crippen molar-refractivity contribution in [1.29, 1.82) is 0 Å². The van der Waals surface area contributed by atoms with Crippen molar-refractivity contribution in [3.63, 3.8) is 0 Å². The summed E-state index contributed by atoms with van der Waals surface area (Å²) in [6.07, 6.45) is 0.539. The molecule has 0 aliphatic heterocycles. The molecule has 8 heteroatoms. The highest BCUT2D eigenvalue weighted by Crippen LogP contribution is 2.30. The van der Waals surface area contributed by atoms with Gasteiger partial charge in [-0.15, -0.1) is 11.3 Å². The van der Waals surface area contributed by atoms with Crippen LogP contribution in [0.2, 0.25) is 0 Å². The quantitative estimate of drug-likeness (QED) is 0.447. The summed E-state index contributed by atoms with van der Waals surface area (Å²) in [5, 5.41) is 12.6. The second kappa shape index (κ2) is 8.44. The van der Waals surface area contributed by atoms with E-state index in [4.69, 9.17) is 4.74 Å². The monoisotopic (exact) mass is 474 g/mol. The minimum absolute atomic E-state index is 0.0371. The number of thiophene rings is 1. The molecule has 0 unspecified atom stereocenters. The van der Waals surface area contributed by atoms with Gasteiger partial charge in [0.1, 0.15) is 29.1 Å². The second-order valence-electron chi connectivity index (χ2n) is 6.46. The van der Waals surface area contributed by atoms with Gasteiger partial charge in [-0.3, -0.25) is 9.36 Å². The van der Waals surface area contributed by atoms with Crippen LogP contribution in [-0.4, -0.2) is 27.4 Å². The van der Waals surface area contributed by atoms with Crippen molar-refractivity contribution in [2.24, 2.45) is 0 Å². The van der Waals surface area contributed by atoms with Crippen molar-refractivity contribution in [2.45, 2.75) is 12.6 Å². The van der Waals surface area contributed by atoms with Gasteiger partial charge in [0, 0.05) is 15.4 Å². The van der Waals surface area contributed by atoms with Gasteiger partial charge in [-0.25, -0.2) is 9.37 Å². The molecule has 148 valence electrons. The van der Waals surface area contributed by atoms with E-state index in [9.17, 15) is 14.3 Å². The van der Waals surface area contributed by atoms with Crippen LogP contribution in [0.3, 0.4) is 0 Å². The normalized spacial score (nSPS) is 12.2. The molecule has 2 heterocycles. The molecular formula is C21H16BrFN2O3S. The smallest absolute Gasteiger partial charge is 0.262 e. The highest BCUT2D eigenvalue weighted by Gasteiger charge is 2.15. The van der Waals surface area contributed by atoms with E-state index in [0.29, 0.717) is 21.5 Å². The number of halogens is 2. The van der Waals surface area contributed by atoms with Gasteiger partial charge < -0.3 is 9.84 Å². The van der Waals surface area contributed by atoms with E-state index >= 15 is 0 Å². The van der Waals surface area contributed by atoms with Gasteiger partial charge in [0.25, 0.3) is 5.56 Å². The number of aliphatic hydroxyl groups excluding tert-OH is 1. The van der Waals surface area contributed by atoms with Gasteiger partial charge >= 0.3 is 0 Å². The zero-order chi connectivity index (χ0) is 20.4. The van der Waals surface area contributed by atoms with E-state index in [0.717, 1.165) is 10.0 Å². The molecule has 0 spiro atoms. The molecule has 2 aromatic carbocycles. The Balaban J connectivity index is 1.56. The SMILES string of the molecule is O=c1c2c(-c3ccc(F)cc3)csc2ncn1C[C@H](O)COc1cccc(Br)c1. The standard InChI is InChI=1S/C21H16BrFN2O3S/c22-14-2-1-3-17(8-14)28-10-16(26)9-25-12-24-20-19(21(25)27)18(11-29-20)13-4-6-15(23)7-5-13/h1-8,11-12,16,26H,9-10H2/t16-/m0/s1. The summed E-state index contributed by atoms with van der Waals surface area (Å²) < 4.78 is 21.1. The molecule has 0 bridgehead atoms. The Kier molecular flexibility index (Phi) is 5.75. The fourth-order valence-electron chi connectivity index (χ4n) is 2.97. The van der Waals surface area contributed by atoms with E-state index in [1.54, 1.807) is 24.3 Å². The zero-order valence-corrected chi connectivity index (χ0v) is 17.5. The maximum Gasteiger partial charge on any atom is 0.262 e. The lowest BCUT2D eigenvalue weighted by Crippen LogP contribution is -2.30. The lowest BCUT2D eigenvalue weighted by Gasteiger charge is -2.14. The average molecular weight is 475 g/mol. The number of hydrogen-bond acceptors (Lipinski definition) is 5. The number of aromatic nitrogens is 2. The van der Waals surface area contributed by atoms with Gasteiger partial charge in [0.15, 0.2) is 0 Å². The summed E-state index contributed by atoms with van der Waals surface area (Å²) in [4.78, 5) is 17.9. The van der Waals surface area contributed by atoms with Gasteiger partial charge in [-0.05, 0) is 35.9 Å². The molecule has 2 aromatic heterocycles. The third-order valence-electron chi connectivity index (χ3n) is 4.36. The first-order chi connectivity index (χ1) is 14.0. The third kappa shape index (κ3) is 4.39. The maximum atomic E-state index is 13.2. The fraction of sp³-hybridized carbons (Fsp3) is 0.143. The summed E-state index contributed by atoms with van der Waals surface area (Å²) in [5.74, 6) is 0.285. The van der Waals surface area contributed by atoms with Crippen LogP contribution in [0.4, 0.5) is 4.39 Å². The summed E-state index contributed by atoms with van der Waals surface area (Å²) in [6, 6.07) is 13.3. The van der Waals surface area contributed by atoms with Crippen LogP contribution in [0.15, 0.2) is 69.5 Å². The molecule has 0 aliphatic rings. The number of ether oxygens (including phenoxy) is 1. The first-order valence-electron chi connectivity index (χ1n) is 8.80. The first kappa shape index (κ1) is 19.8.